The molecule has 1 unspecified atom stereocenters. The summed E-state index contributed by atoms with van der Waals surface area (Å²) in [5.74, 6) is -1.28. The van der Waals surface area contributed by atoms with E-state index >= 15 is 0 Å². The van der Waals surface area contributed by atoms with Gasteiger partial charge in [0.15, 0.2) is 0 Å². The molecular formula is C16H14Cl2FNO2. The number of rotatable bonds is 5. The molecule has 1 atom stereocenters. The smallest absolute Gasteiger partial charge is 0.252 e. The Balaban J connectivity index is 1.94. The van der Waals surface area contributed by atoms with Crippen LogP contribution in [0.3, 0.4) is 0 Å². The molecule has 0 radical (unpaired) electrons. The summed E-state index contributed by atoms with van der Waals surface area (Å²) in [6.45, 7) is 0.0360. The van der Waals surface area contributed by atoms with E-state index in [4.69, 9.17) is 23.2 Å². The number of halogens is 3. The Morgan fingerprint density at radius 3 is 2.55 bits per heavy atom. The second kappa shape index (κ2) is 7.58. The summed E-state index contributed by atoms with van der Waals surface area (Å²) in [4.78, 5) is 12.0. The lowest BCUT2D eigenvalue weighted by molar-refractivity contribution is 0.0915. The normalized spacial score (nSPS) is 12.0. The van der Waals surface area contributed by atoms with Crippen molar-refractivity contribution in [2.75, 3.05) is 6.54 Å². The van der Waals surface area contributed by atoms with E-state index < -0.39 is 17.8 Å². The molecule has 0 aliphatic rings. The molecule has 2 aromatic carbocycles. The fraction of sp³-hybridized carbons (Fsp3) is 0.188. The van der Waals surface area contributed by atoms with Crippen LogP contribution in [0.5, 0.6) is 0 Å². The van der Waals surface area contributed by atoms with Crippen molar-refractivity contribution < 1.29 is 14.3 Å². The molecule has 0 saturated heterocycles. The van der Waals surface area contributed by atoms with Gasteiger partial charge in [-0.05, 0) is 17.7 Å². The van der Waals surface area contributed by atoms with E-state index in [2.05, 4.69) is 5.32 Å². The van der Waals surface area contributed by atoms with Crippen LogP contribution in [0.15, 0.2) is 42.5 Å². The van der Waals surface area contributed by atoms with E-state index in [0.717, 1.165) is 11.6 Å². The Labute approximate surface area is 137 Å². The van der Waals surface area contributed by atoms with Gasteiger partial charge in [0.2, 0.25) is 0 Å². The standard InChI is InChI=1S/C16H14Cl2FNO2/c17-13-8-14(18)15(19)7-12(13)16(22)20-9-11(21)6-10-4-2-1-3-5-10/h1-5,7-8,11,21H,6,9H2,(H,20,22). The van der Waals surface area contributed by atoms with Gasteiger partial charge in [-0.1, -0.05) is 53.5 Å². The molecule has 6 heteroatoms. The third-order valence-corrected chi connectivity index (χ3v) is 3.67. The van der Waals surface area contributed by atoms with Gasteiger partial charge >= 0.3 is 0 Å². The fourth-order valence-electron chi connectivity index (χ4n) is 1.96. The molecule has 2 aromatic rings. The van der Waals surface area contributed by atoms with Crippen molar-refractivity contribution >= 4 is 29.1 Å². The minimum absolute atomic E-state index is 0.0181. The van der Waals surface area contributed by atoms with Crippen molar-refractivity contribution in [1.82, 2.24) is 5.32 Å². The predicted molar refractivity (Wildman–Crippen MR) is 84.9 cm³/mol. The summed E-state index contributed by atoms with van der Waals surface area (Å²) >= 11 is 11.4. The third-order valence-electron chi connectivity index (χ3n) is 3.07. The highest BCUT2D eigenvalue weighted by Gasteiger charge is 2.15. The number of carbonyl (C=O) groups is 1. The molecule has 1 amide bonds. The molecule has 0 aliphatic carbocycles. The molecule has 0 spiro atoms. The van der Waals surface area contributed by atoms with Gasteiger partial charge in [0.05, 0.1) is 21.7 Å². The summed E-state index contributed by atoms with van der Waals surface area (Å²) in [6.07, 6.45) is -0.341. The summed E-state index contributed by atoms with van der Waals surface area (Å²) in [5.41, 5.74) is 0.940. The monoisotopic (exact) mass is 341 g/mol. The predicted octanol–water partition coefficient (Wildman–Crippen LogP) is 3.47. The van der Waals surface area contributed by atoms with Crippen LogP contribution in [0.2, 0.25) is 10.0 Å². The number of hydrogen-bond donors (Lipinski definition) is 2. The van der Waals surface area contributed by atoms with Gasteiger partial charge in [-0.25, -0.2) is 4.39 Å². The Hall–Kier alpha value is -1.62. The van der Waals surface area contributed by atoms with Crippen molar-refractivity contribution in [1.29, 1.82) is 0 Å². The Bertz CT molecular complexity index is 665. The Morgan fingerprint density at radius 1 is 1.18 bits per heavy atom. The lowest BCUT2D eigenvalue weighted by atomic mass is 10.1. The SMILES string of the molecule is O=C(NCC(O)Cc1ccccc1)c1cc(F)c(Cl)cc1Cl. The molecule has 0 aliphatic heterocycles. The lowest BCUT2D eigenvalue weighted by Crippen LogP contribution is -2.33. The van der Waals surface area contributed by atoms with Gasteiger partial charge in [-0.2, -0.15) is 0 Å². The van der Waals surface area contributed by atoms with Crippen LogP contribution in [0.4, 0.5) is 4.39 Å². The summed E-state index contributed by atoms with van der Waals surface area (Å²) in [7, 11) is 0. The molecule has 3 nitrogen and oxygen atoms in total. The zero-order valence-corrected chi connectivity index (χ0v) is 13.0. The van der Waals surface area contributed by atoms with Gasteiger partial charge in [0, 0.05) is 13.0 Å². The number of aliphatic hydroxyl groups excluding tert-OH is 1. The molecule has 116 valence electrons. The van der Waals surface area contributed by atoms with Crippen molar-refractivity contribution in [3.05, 3.63) is 69.5 Å². The topological polar surface area (TPSA) is 49.3 Å². The molecule has 2 rings (SSSR count). The summed E-state index contributed by atoms with van der Waals surface area (Å²) in [5, 5.41) is 12.4. The van der Waals surface area contributed by atoms with E-state index in [1.807, 2.05) is 30.3 Å². The average molecular weight is 342 g/mol. The minimum Gasteiger partial charge on any atom is -0.391 e. The van der Waals surface area contributed by atoms with Crippen molar-refractivity contribution in [2.45, 2.75) is 12.5 Å². The number of carbonyl (C=O) groups excluding carboxylic acids is 1. The maximum Gasteiger partial charge on any atom is 0.252 e. The van der Waals surface area contributed by atoms with Crippen LogP contribution >= 0.6 is 23.2 Å². The van der Waals surface area contributed by atoms with E-state index in [1.165, 1.54) is 6.07 Å². The second-order valence-electron chi connectivity index (χ2n) is 4.80. The van der Waals surface area contributed by atoms with Crippen LogP contribution in [0.1, 0.15) is 15.9 Å². The van der Waals surface area contributed by atoms with Crippen LogP contribution in [-0.4, -0.2) is 23.7 Å². The minimum atomic E-state index is -0.748. The van der Waals surface area contributed by atoms with Crippen molar-refractivity contribution in [3.63, 3.8) is 0 Å². The quantitative estimate of drug-likeness (QED) is 0.818. The third kappa shape index (κ3) is 4.44. The maximum atomic E-state index is 13.4. The van der Waals surface area contributed by atoms with Crippen LogP contribution in [0, 0.1) is 5.82 Å². The molecule has 22 heavy (non-hydrogen) atoms. The number of hydrogen-bond acceptors (Lipinski definition) is 2. The first kappa shape index (κ1) is 16.7. The fourth-order valence-corrected chi connectivity index (χ4v) is 2.43. The highest BCUT2D eigenvalue weighted by molar-refractivity contribution is 6.36. The molecule has 0 heterocycles. The van der Waals surface area contributed by atoms with E-state index in [1.54, 1.807) is 0 Å². The van der Waals surface area contributed by atoms with Crippen molar-refractivity contribution in [2.24, 2.45) is 0 Å². The molecular weight excluding hydrogens is 328 g/mol. The van der Waals surface area contributed by atoms with Gasteiger partial charge in [0.25, 0.3) is 5.91 Å². The molecule has 0 fully saturated rings. The largest absolute Gasteiger partial charge is 0.391 e. The zero-order valence-electron chi connectivity index (χ0n) is 11.5. The summed E-state index contributed by atoms with van der Waals surface area (Å²) < 4.78 is 13.4. The molecule has 0 saturated carbocycles. The second-order valence-corrected chi connectivity index (χ2v) is 5.61. The van der Waals surface area contributed by atoms with Crippen molar-refractivity contribution in [3.8, 4) is 0 Å². The first-order valence-corrected chi connectivity index (χ1v) is 7.37. The highest BCUT2D eigenvalue weighted by Crippen LogP contribution is 2.24. The first-order valence-electron chi connectivity index (χ1n) is 6.62. The molecule has 2 N–H and O–H groups in total. The van der Waals surface area contributed by atoms with E-state index in [0.29, 0.717) is 6.42 Å². The van der Waals surface area contributed by atoms with Gasteiger partial charge < -0.3 is 10.4 Å². The van der Waals surface area contributed by atoms with Crippen LogP contribution in [0.25, 0.3) is 0 Å². The maximum absolute atomic E-state index is 13.4. The average Bonchev–Trinajstić information content (AvgIpc) is 2.49. The molecule has 0 aromatic heterocycles. The highest BCUT2D eigenvalue weighted by atomic mass is 35.5. The van der Waals surface area contributed by atoms with E-state index in [9.17, 15) is 14.3 Å². The lowest BCUT2D eigenvalue weighted by Gasteiger charge is -2.13. The Morgan fingerprint density at radius 2 is 1.86 bits per heavy atom. The van der Waals surface area contributed by atoms with Gasteiger partial charge in [-0.3, -0.25) is 4.79 Å². The van der Waals surface area contributed by atoms with Crippen LogP contribution < -0.4 is 5.32 Å². The number of nitrogens with one attached hydrogen (secondary N) is 1. The first-order chi connectivity index (χ1) is 10.5. The molecule has 0 bridgehead atoms. The van der Waals surface area contributed by atoms with Crippen LogP contribution in [-0.2, 0) is 6.42 Å². The number of amides is 1. The Kier molecular flexibility index (Phi) is 5.77. The number of aliphatic hydroxyl groups is 1. The number of benzene rings is 2. The van der Waals surface area contributed by atoms with Gasteiger partial charge in [0.1, 0.15) is 5.82 Å². The van der Waals surface area contributed by atoms with Gasteiger partial charge in [-0.15, -0.1) is 0 Å². The zero-order chi connectivity index (χ0) is 16.1. The van der Waals surface area contributed by atoms with E-state index in [-0.39, 0.29) is 22.2 Å². The summed E-state index contributed by atoms with van der Waals surface area (Å²) in [6, 6.07) is 11.5.